The van der Waals surface area contributed by atoms with E-state index in [1.54, 1.807) is 6.07 Å². The lowest BCUT2D eigenvalue weighted by Crippen LogP contribution is -2.20. The van der Waals surface area contributed by atoms with Crippen LogP contribution >= 0.6 is 0 Å². The maximum absolute atomic E-state index is 13.0. The highest BCUT2D eigenvalue weighted by atomic mass is 19.4. The Morgan fingerprint density at radius 3 is 2.19 bits per heavy atom. The number of hydrogen-bond acceptors (Lipinski definition) is 5. The van der Waals surface area contributed by atoms with E-state index in [9.17, 15) is 22.8 Å². The SMILES string of the molecule is CO/N=C(\c1cccc(C(F)(F)F)c1)c1ccccc1C(=O)C(=O)OC. The third-order valence-electron chi connectivity index (χ3n) is 3.44. The Balaban J connectivity index is 2.62. The lowest BCUT2D eigenvalue weighted by molar-refractivity contribution is -0.137. The quantitative estimate of drug-likeness (QED) is 0.268. The van der Waals surface area contributed by atoms with E-state index in [2.05, 4.69) is 9.89 Å². The van der Waals surface area contributed by atoms with Gasteiger partial charge < -0.3 is 9.57 Å². The molecule has 2 aromatic rings. The van der Waals surface area contributed by atoms with Gasteiger partial charge in [-0.1, -0.05) is 41.6 Å². The van der Waals surface area contributed by atoms with E-state index in [1.807, 2.05) is 0 Å². The second kappa shape index (κ2) is 7.81. The molecule has 0 radical (unpaired) electrons. The summed E-state index contributed by atoms with van der Waals surface area (Å²) in [6.45, 7) is 0. The Kier molecular flexibility index (Phi) is 5.76. The van der Waals surface area contributed by atoms with Crippen LogP contribution in [0.3, 0.4) is 0 Å². The fraction of sp³-hybridized carbons (Fsp3) is 0.167. The number of benzene rings is 2. The van der Waals surface area contributed by atoms with E-state index < -0.39 is 23.5 Å². The summed E-state index contributed by atoms with van der Waals surface area (Å²) in [5.74, 6) is -2.04. The normalized spacial score (nSPS) is 11.8. The molecule has 26 heavy (non-hydrogen) atoms. The van der Waals surface area contributed by atoms with Crippen LogP contribution < -0.4 is 0 Å². The van der Waals surface area contributed by atoms with Crippen molar-refractivity contribution in [2.75, 3.05) is 14.2 Å². The standard InChI is InChI=1S/C18H14F3NO4/c1-25-17(24)16(23)14-9-4-3-8-13(14)15(22-26-2)11-6-5-7-12(10-11)18(19,20)21/h3-10H,1-2H3/b22-15+. The molecule has 136 valence electrons. The number of halogens is 3. The first kappa shape index (κ1) is 19.2. The number of hydrogen-bond donors (Lipinski definition) is 0. The molecule has 0 heterocycles. The number of oxime groups is 1. The molecule has 0 spiro atoms. The molecule has 0 atom stereocenters. The highest BCUT2D eigenvalue weighted by Gasteiger charge is 2.31. The summed E-state index contributed by atoms with van der Waals surface area (Å²) in [6, 6.07) is 10.3. The van der Waals surface area contributed by atoms with Crippen LogP contribution in [0.2, 0.25) is 0 Å². The molecule has 0 saturated heterocycles. The van der Waals surface area contributed by atoms with Crippen molar-refractivity contribution in [2.45, 2.75) is 6.18 Å². The largest absolute Gasteiger partial charge is 0.463 e. The van der Waals surface area contributed by atoms with E-state index in [4.69, 9.17) is 4.84 Å². The van der Waals surface area contributed by atoms with Gasteiger partial charge in [0, 0.05) is 16.7 Å². The molecule has 0 unspecified atom stereocenters. The molecule has 0 saturated carbocycles. The molecule has 0 bridgehead atoms. The zero-order valence-electron chi connectivity index (χ0n) is 13.8. The molecule has 0 fully saturated rings. The third kappa shape index (κ3) is 4.08. The fourth-order valence-electron chi connectivity index (χ4n) is 2.28. The summed E-state index contributed by atoms with van der Waals surface area (Å²) in [5.41, 5.74) is -0.745. The Morgan fingerprint density at radius 1 is 0.962 bits per heavy atom. The number of carbonyl (C=O) groups excluding carboxylic acids is 2. The molecule has 0 aliphatic rings. The number of Topliss-reactive ketones (excluding diaryl/α,β-unsaturated/α-hetero) is 1. The van der Waals surface area contributed by atoms with Gasteiger partial charge in [0.05, 0.1) is 12.7 Å². The number of methoxy groups -OCH3 is 1. The summed E-state index contributed by atoms with van der Waals surface area (Å²) in [5, 5.41) is 3.76. The van der Waals surface area contributed by atoms with Gasteiger partial charge in [0.2, 0.25) is 0 Å². The molecule has 0 aromatic heterocycles. The number of esters is 1. The second-order valence-corrected chi connectivity index (χ2v) is 5.07. The predicted octanol–water partition coefficient (Wildman–Crippen LogP) is 3.46. The minimum atomic E-state index is -4.55. The molecular weight excluding hydrogens is 351 g/mol. The van der Waals surface area contributed by atoms with E-state index in [0.717, 1.165) is 19.2 Å². The van der Waals surface area contributed by atoms with Crippen LogP contribution in [0.4, 0.5) is 13.2 Å². The Labute approximate surface area is 147 Å². The number of carbonyl (C=O) groups is 2. The lowest BCUT2D eigenvalue weighted by atomic mass is 9.94. The lowest BCUT2D eigenvalue weighted by Gasteiger charge is -2.13. The zero-order chi connectivity index (χ0) is 19.3. The van der Waals surface area contributed by atoms with Crippen LogP contribution in [0.1, 0.15) is 27.0 Å². The van der Waals surface area contributed by atoms with Gasteiger partial charge in [-0.05, 0) is 12.1 Å². The topological polar surface area (TPSA) is 65.0 Å². The van der Waals surface area contributed by atoms with Crippen molar-refractivity contribution in [3.8, 4) is 0 Å². The Hall–Kier alpha value is -3.16. The third-order valence-corrected chi connectivity index (χ3v) is 3.44. The van der Waals surface area contributed by atoms with Crippen LogP contribution in [0.5, 0.6) is 0 Å². The summed E-state index contributed by atoms with van der Waals surface area (Å²) < 4.78 is 43.4. The zero-order valence-corrected chi connectivity index (χ0v) is 13.8. The molecule has 8 heteroatoms. The van der Waals surface area contributed by atoms with Crippen molar-refractivity contribution in [3.05, 3.63) is 70.8 Å². The maximum Gasteiger partial charge on any atom is 0.416 e. The molecule has 2 rings (SSSR count). The van der Waals surface area contributed by atoms with Gasteiger partial charge >= 0.3 is 12.1 Å². The number of ether oxygens (including phenoxy) is 1. The molecule has 0 amide bonds. The van der Waals surface area contributed by atoms with Crippen molar-refractivity contribution >= 4 is 17.5 Å². The van der Waals surface area contributed by atoms with Crippen molar-refractivity contribution in [1.29, 1.82) is 0 Å². The van der Waals surface area contributed by atoms with Crippen LogP contribution in [-0.2, 0) is 20.5 Å². The van der Waals surface area contributed by atoms with Crippen LogP contribution in [-0.4, -0.2) is 31.7 Å². The average Bonchev–Trinajstić information content (AvgIpc) is 2.64. The van der Waals surface area contributed by atoms with E-state index >= 15 is 0 Å². The number of nitrogens with zero attached hydrogens (tertiary/aromatic N) is 1. The van der Waals surface area contributed by atoms with Crippen LogP contribution in [0.15, 0.2) is 53.7 Å². The second-order valence-electron chi connectivity index (χ2n) is 5.07. The van der Waals surface area contributed by atoms with Gasteiger partial charge in [-0.2, -0.15) is 13.2 Å². The van der Waals surface area contributed by atoms with Crippen molar-refractivity contribution < 1.29 is 32.3 Å². The summed E-state index contributed by atoms with van der Waals surface area (Å²) in [7, 11) is 2.28. The monoisotopic (exact) mass is 365 g/mol. The summed E-state index contributed by atoms with van der Waals surface area (Å²) in [6.07, 6.45) is -4.55. The van der Waals surface area contributed by atoms with Gasteiger partial charge in [-0.15, -0.1) is 0 Å². The molecule has 0 aliphatic heterocycles. The molecule has 2 aromatic carbocycles. The van der Waals surface area contributed by atoms with Gasteiger partial charge in [-0.3, -0.25) is 4.79 Å². The summed E-state index contributed by atoms with van der Waals surface area (Å²) >= 11 is 0. The van der Waals surface area contributed by atoms with E-state index in [1.165, 1.54) is 37.4 Å². The molecule has 0 N–H and O–H groups in total. The number of rotatable bonds is 5. The van der Waals surface area contributed by atoms with E-state index in [-0.39, 0.29) is 22.4 Å². The molecular formula is C18H14F3NO4. The van der Waals surface area contributed by atoms with Crippen LogP contribution in [0.25, 0.3) is 0 Å². The first-order valence-electron chi connectivity index (χ1n) is 7.30. The first-order chi connectivity index (χ1) is 12.3. The maximum atomic E-state index is 13.0. The van der Waals surface area contributed by atoms with Crippen molar-refractivity contribution in [2.24, 2.45) is 5.16 Å². The van der Waals surface area contributed by atoms with Crippen molar-refractivity contribution in [3.63, 3.8) is 0 Å². The van der Waals surface area contributed by atoms with Gasteiger partial charge in [0.1, 0.15) is 12.8 Å². The highest BCUT2D eigenvalue weighted by Crippen LogP contribution is 2.30. The van der Waals surface area contributed by atoms with Gasteiger partial charge in [0.25, 0.3) is 5.78 Å². The predicted molar refractivity (Wildman–Crippen MR) is 86.9 cm³/mol. The fourth-order valence-corrected chi connectivity index (χ4v) is 2.28. The Bertz CT molecular complexity index is 860. The number of alkyl halides is 3. The average molecular weight is 365 g/mol. The summed E-state index contributed by atoms with van der Waals surface area (Å²) in [4.78, 5) is 28.5. The van der Waals surface area contributed by atoms with Gasteiger partial charge in [0.15, 0.2) is 0 Å². The Morgan fingerprint density at radius 2 is 1.62 bits per heavy atom. The van der Waals surface area contributed by atoms with Gasteiger partial charge in [-0.25, -0.2) is 4.79 Å². The molecule has 0 aliphatic carbocycles. The van der Waals surface area contributed by atoms with E-state index in [0.29, 0.717) is 0 Å². The highest BCUT2D eigenvalue weighted by molar-refractivity contribution is 6.42. The van der Waals surface area contributed by atoms with Crippen LogP contribution in [0, 0.1) is 0 Å². The van der Waals surface area contributed by atoms with Crippen molar-refractivity contribution in [1.82, 2.24) is 0 Å². The minimum Gasteiger partial charge on any atom is -0.463 e. The molecule has 5 nitrogen and oxygen atoms in total. The minimum absolute atomic E-state index is 0.0218. The number of ketones is 1. The smallest absolute Gasteiger partial charge is 0.416 e. The first-order valence-corrected chi connectivity index (χ1v) is 7.30.